The number of unbranched alkanes of at least 4 members (excludes halogenated alkanes) is 1. The molecule has 0 saturated carbocycles. The Labute approximate surface area is 170 Å². The van der Waals surface area contributed by atoms with E-state index in [2.05, 4.69) is 27.8 Å². The molecular weight excluding hydrogens is 374 g/mol. The molecule has 0 aliphatic heterocycles. The van der Waals surface area contributed by atoms with Crippen LogP contribution in [0.3, 0.4) is 0 Å². The van der Waals surface area contributed by atoms with Gasteiger partial charge in [0.1, 0.15) is 11.8 Å². The van der Waals surface area contributed by atoms with Gasteiger partial charge in [0.25, 0.3) is 5.91 Å². The predicted molar refractivity (Wildman–Crippen MR) is 106 cm³/mol. The van der Waals surface area contributed by atoms with Crippen LogP contribution in [-0.4, -0.2) is 44.7 Å². The maximum absolute atomic E-state index is 12.6. The van der Waals surface area contributed by atoms with Crippen molar-refractivity contribution in [1.29, 1.82) is 0 Å². The molecule has 0 aliphatic carbocycles. The minimum Gasteiger partial charge on any atom is -0.494 e. The fraction of sp³-hybridized carbons (Fsp3) is 0.550. The van der Waals surface area contributed by atoms with Crippen molar-refractivity contribution in [3.63, 3.8) is 0 Å². The van der Waals surface area contributed by atoms with E-state index in [1.165, 1.54) is 0 Å². The topological polar surface area (TPSA) is 108 Å². The molecule has 1 aromatic heterocycles. The largest absolute Gasteiger partial charge is 0.494 e. The second kappa shape index (κ2) is 11.1. The number of hydrogen-bond donors (Lipinski definition) is 1. The number of nitrogens with one attached hydrogen (secondary N) is 1. The number of ether oxygens (including phenoxy) is 2. The number of carbonyl (C=O) groups is 2. The standard InChI is InChI=1S/C20H29N5O4/c1-5-7-12-25-17(22-23-24-25)13-29-20(27)18(14(3)4)21-19(26)15-8-10-16(11-9-15)28-6-2/h8-11,14,18H,5-7,12-13H2,1-4H3,(H,21,26)/t18-/m0/s1. The van der Waals surface area contributed by atoms with Crippen molar-refractivity contribution in [3.8, 4) is 5.75 Å². The van der Waals surface area contributed by atoms with Crippen molar-refractivity contribution in [3.05, 3.63) is 35.7 Å². The van der Waals surface area contributed by atoms with Crippen molar-refractivity contribution < 1.29 is 19.1 Å². The van der Waals surface area contributed by atoms with E-state index in [1.807, 2.05) is 20.8 Å². The summed E-state index contributed by atoms with van der Waals surface area (Å²) < 4.78 is 12.4. The van der Waals surface area contributed by atoms with E-state index >= 15 is 0 Å². The first-order chi connectivity index (χ1) is 14.0. The lowest BCUT2D eigenvalue weighted by atomic mass is 10.0. The molecule has 29 heavy (non-hydrogen) atoms. The third-order valence-electron chi connectivity index (χ3n) is 4.31. The van der Waals surface area contributed by atoms with E-state index in [0.29, 0.717) is 30.3 Å². The summed E-state index contributed by atoms with van der Waals surface area (Å²) in [5.41, 5.74) is 0.440. The highest BCUT2D eigenvalue weighted by atomic mass is 16.5. The molecule has 1 aromatic carbocycles. The quantitative estimate of drug-likeness (QED) is 0.574. The Morgan fingerprint density at radius 2 is 1.90 bits per heavy atom. The van der Waals surface area contributed by atoms with Crippen molar-refractivity contribution in [1.82, 2.24) is 25.5 Å². The molecule has 0 saturated heterocycles. The fourth-order valence-electron chi connectivity index (χ4n) is 2.63. The lowest BCUT2D eigenvalue weighted by Gasteiger charge is -2.21. The first kappa shape index (κ1) is 22.3. The van der Waals surface area contributed by atoms with Gasteiger partial charge < -0.3 is 14.8 Å². The molecule has 0 unspecified atom stereocenters. The molecular formula is C20H29N5O4. The molecule has 2 aromatic rings. The number of rotatable bonds is 11. The zero-order valence-corrected chi connectivity index (χ0v) is 17.4. The molecule has 9 heteroatoms. The van der Waals surface area contributed by atoms with Gasteiger partial charge in [0.05, 0.1) is 6.61 Å². The molecule has 2 rings (SSSR count). The van der Waals surface area contributed by atoms with E-state index in [0.717, 1.165) is 12.8 Å². The van der Waals surface area contributed by atoms with Crippen LogP contribution in [0.5, 0.6) is 5.75 Å². The molecule has 0 aliphatic rings. The van der Waals surface area contributed by atoms with Crippen LogP contribution in [0.15, 0.2) is 24.3 Å². The van der Waals surface area contributed by atoms with Crippen LogP contribution in [0.4, 0.5) is 0 Å². The average molecular weight is 403 g/mol. The average Bonchev–Trinajstić information content (AvgIpc) is 3.16. The summed E-state index contributed by atoms with van der Waals surface area (Å²) in [7, 11) is 0. The summed E-state index contributed by atoms with van der Waals surface area (Å²) in [5.74, 6) is 0.142. The summed E-state index contributed by atoms with van der Waals surface area (Å²) in [6, 6.07) is 5.97. The first-order valence-electron chi connectivity index (χ1n) is 9.91. The van der Waals surface area contributed by atoms with Gasteiger partial charge in [-0.3, -0.25) is 4.79 Å². The number of benzene rings is 1. The smallest absolute Gasteiger partial charge is 0.329 e. The SMILES string of the molecule is CCCCn1nnnc1COC(=O)[C@@H](NC(=O)c1ccc(OCC)cc1)C(C)C. The second-order valence-corrected chi connectivity index (χ2v) is 6.93. The van der Waals surface area contributed by atoms with Crippen LogP contribution in [-0.2, 0) is 22.7 Å². The summed E-state index contributed by atoms with van der Waals surface area (Å²) in [4.78, 5) is 25.1. The number of hydrogen-bond acceptors (Lipinski definition) is 7. The van der Waals surface area contributed by atoms with E-state index in [1.54, 1.807) is 28.9 Å². The van der Waals surface area contributed by atoms with E-state index in [-0.39, 0.29) is 18.4 Å². The van der Waals surface area contributed by atoms with Gasteiger partial charge in [-0.2, -0.15) is 0 Å². The Balaban J connectivity index is 1.97. The minimum atomic E-state index is -0.783. The van der Waals surface area contributed by atoms with Crippen LogP contribution >= 0.6 is 0 Å². The van der Waals surface area contributed by atoms with E-state index in [9.17, 15) is 9.59 Å². The first-order valence-corrected chi connectivity index (χ1v) is 9.91. The Hall–Kier alpha value is -2.97. The molecule has 0 fully saturated rings. The number of carbonyl (C=O) groups excluding carboxylic acids is 2. The van der Waals surface area contributed by atoms with Crippen molar-refractivity contribution in [2.75, 3.05) is 6.61 Å². The molecule has 158 valence electrons. The summed E-state index contributed by atoms with van der Waals surface area (Å²) in [5, 5.41) is 14.2. The number of aryl methyl sites for hydroxylation is 1. The molecule has 1 heterocycles. The highest BCUT2D eigenvalue weighted by Crippen LogP contribution is 2.13. The summed E-state index contributed by atoms with van der Waals surface area (Å²) in [6.07, 6.45) is 1.94. The third kappa shape index (κ3) is 6.55. The molecule has 0 radical (unpaired) electrons. The van der Waals surface area contributed by atoms with Crippen LogP contribution in [0.1, 0.15) is 56.7 Å². The number of tetrazole rings is 1. The number of nitrogens with zero attached hydrogens (tertiary/aromatic N) is 4. The lowest BCUT2D eigenvalue weighted by molar-refractivity contribution is -0.148. The summed E-state index contributed by atoms with van der Waals surface area (Å²) >= 11 is 0. The maximum atomic E-state index is 12.6. The zero-order chi connectivity index (χ0) is 21.2. The maximum Gasteiger partial charge on any atom is 0.329 e. The lowest BCUT2D eigenvalue weighted by Crippen LogP contribution is -2.45. The minimum absolute atomic E-state index is 0.0440. The van der Waals surface area contributed by atoms with Crippen LogP contribution in [0.2, 0.25) is 0 Å². The highest BCUT2D eigenvalue weighted by Gasteiger charge is 2.26. The third-order valence-corrected chi connectivity index (χ3v) is 4.31. The molecule has 1 N–H and O–H groups in total. The van der Waals surface area contributed by atoms with Crippen LogP contribution < -0.4 is 10.1 Å². The Kier molecular flexibility index (Phi) is 8.57. The van der Waals surface area contributed by atoms with Gasteiger partial charge in [0, 0.05) is 12.1 Å². The Morgan fingerprint density at radius 3 is 2.52 bits per heavy atom. The van der Waals surface area contributed by atoms with Crippen molar-refractivity contribution in [2.45, 2.75) is 59.7 Å². The van der Waals surface area contributed by atoms with Gasteiger partial charge in [-0.1, -0.05) is 27.2 Å². The second-order valence-electron chi connectivity index (χ2n) is 6.93. The van der Waals surface area contributed by atoms with Crippen LogP contribution in [0, 0.1) is 5.92 Å². The van der Waals surface area contributed by atoms with Gasteiger partial charge in [-0.25, -0.2) is 9.48 Å². The van der Waals surface area contributed by atoms with Gasteiger partial charge in [-0.05, 0) is 54.0 Å². The number of amides is 1. The number of aromatic nitrogens is 4. The fourth-order valence-corrected chi connectivity index (χ4v) is 2.63. The number of esters is 1. The normalized spacial score (nSPS) is 11.9. The Bertz CT molecular complexity index is 788. The molecule has 0 bridgehead atoms. The summed E-state index contributed by atoms with van der Waals surface area (Å²) in [6.45, 7) is 8.82. The Morgan fingerprint density at radius 1 is 1.17 bits per heavy atom. The molecule has 1 amide bonds. The monoisotopic (exact) mass is 403 g/mol. The highest BCUT2D eigenvalue weighted by molar-refractivity contribution is 5.96. The van der Waals surface area contributed by atoms with E-state index in [4.69, 9.17) is 9.47 Å². The molecule has 9 nitrogen and oxygen atoms in total. The molecule has 1 atom stereocenters. The zero-order valence-electron chi connectivity index (χ0n) is 17.4. The van der Waals surface area contributed by atoms with Gasteiger partial charge in [0.2, 0.25) is 0 Å². The van der Waals surface area contributed by atoms with Crippen molar-refractivity contribution in [2.24, 2.45) is 5.92 Å². The van der Waals surface area contributed by atoms with Crippen molar-refractivity contribution >= 4 is 11.9 Å². The van der Waals surface area contributed by atoms with Gasteiger partial charge >= 0.3 is 5.97 Å². The van der Waals surface area contributed by atoms with E-state index < -0.39 is 12.0 Å². The predicted octanol–water partition coefficient (Wildman–Crippen LogP) is 2.37. The van der Waals surface area contributed by atoms with Crippen LogP contribution in [0.25, 0.3) is 0 Å². The van der Waals surface area contributed by atoms with Gasteiger partial charge in [-0.15, -0.1) is 5.10 Å². The van der Waals surface area contributed by atoms with Gasteiger partial charge in [0.15, 0.2) is 12.4 Å². The molecule has 0 spiro atoms.